The van der Waals surface area contributed by atoms with Crippen molar-refractivity contribution in [1.29, 1.82) is 0 Å². The Kier molecular flexibility index (Phi) is 6.41. The summed E-state index contributed by atoms with van der Waals surface area (Å²) in [6.07, 6.45) is -4.79. The molecule has 0 spiro atoms. The maximum absolute atomic E-state index is 12.6. The standard InChI is InChI=1S/C21H21F3N4O2/c1-13-6-3-4-9-17(13)26-19-11-18(27-20(28-19)25-14(2)12-29)15-7-5-8-16(10-15)30-21(22,23)24/h3-11,14,29H,12H2,1-2H3,(H2,25,26,27,28)/t14-/m1/s1. The zero-order chi connectivity index (χ0) is 21.7. The second-order valence-electron chi connectivity index (χ2n) is 6.71. The van der Waals surface area contributed by atoms with Gasteiger partial charge in [-0.25, -0.2) is 4.98 Å². The first-order valence-corrected chi connectivity index (χ1v) is 9.19. The Morgan fingerprint density at radius 2 is 1.83 bits per heavy atom. The lowest BCUT2D eigenvalue weighted by molar-refractivity contribution is -0.274. The van der Waals surface area contributed by atoms with Gasteiger partial charge in [-0.05, 0) is 37.6 Å². The van der Waals surface area contributed by atoms with Crippen molar-refractivity contribution < 1.29 is 23.0 Å². The molecule has 0 aliphatic heterocycles. The number of anilines is 3. The summed E-state index contributed by atoms with van der Waals surface area (Å²) in [7, 11) is 0. The molecule has 1 atom stereocenters. The van der Waals surface area contributed by atoms with Gasteiger partial charge in [0.25, 0.3) is 0 Å². The molecule has 0 bridgehead atoms. The van der Waals surface area contributed by atoms with Gasteiger partial charge < -0.3 is 20.5 Å². The molecule has 1 aromatic heterocycles. The summed E-state index contributed by atoms with van der Waals surface area (Å²) in [5.74, 6) is 0.335. The average molecular weight is 418 g/mol. The second-order valence-corrected chi connectivity index (χ2v) is 6.71. The third kappa shape index (κ3) is 5.84. The third-order valence-corrected chi connectivity index (χ3v) is 4.15. The van der Waals surface area contributed by atoms with Crippen LogP contribution in [0, 0.1) is 6.92 Å². The summed E-state index contributed by atoms with van der Waals surface area (Å²) < 4.78 is 41.7. The minimum Gasteiger partial charge on any atom is -0.406 e. The number of halogens is 3. The fourth-order valence-corrected chi connectivity index (χ4v) is 2.69. The number of rotatable bonds is 7. The highest BCUT2D eigenvalue weighted by molar-refractivity contribution is 5.69. The van der Waals surface area contributed by atoms with Crippen LogP contribution < -0.4 is 15.4 Å². The van der Waals surface area contributed by atoms with Crippen LogP contribution in [0.2, 0.25) is 0 Å². The number of benzene rings is 2. The van der Waals surface area contributed by atoms with E-state index in [-0.39, 0.29) is 24.3 Å². The Bertz CT molecular complexity index is 1010. The summed E-state index contributed by atoms with van der Waals surface area (Å²) in [4.78, 5) is 8.79. The molecular weight excluding hydrogens is 397 g/mol. The van der Waals surface area contributed by atoms with E-state index in [1.807, 2.05) is 31.2 Å². The molecule has 1 heterocycles. The first-order chi connectivity index (χ1) is 14.2. The van der Waals surface area contributed by atoms with Crippen LogP contribution in [0.15, 0.2) is 54.6 Å². The summed E-state index contributed by atoms with van der Waals surface area (Å²) in [6, 6.07) is 14.5. The number of hydrogen-bond acceptors (Lipinski definition) is 6. The van der Waals surface area contributed by atoms with Gasteiger partial charge in [-0.1, -0.05) is 30.3 Å². The molecule has 0 unspecified atom stereocenters. The summed E-state index contributed by atoms with van der Waals surface area (Å²) in [6.45, 7) is 3.56. The Morgan fingerprint density at radius 1 is 1.07 bits per heavy atom. The van der Waals surface area contributed by atoms with Gasteiger partial charge in [0.15, 0.2) is 0 Å². The van der Waals surface area contributed by atoms with E-state index in [0.717, 1.165) is 11.3 Å². The van der Waals surface area contributed by atoms with Gasteiger partial charge in [0, 0.05) is 23.4 Å². The molecule has 0 aliphatic carbocycles. The van der Waals surface area contributed by atoms with Crippen molar-refractivity contribution in [2.75, 3.05) is 17.2 Å². The molecule has 9 heteroatoms. The molecule has 2 aromatic carbocycles. The lowest BCUT2D eigenvalue weighted by Gasteiger charge is -2.15. The quantitative estimate of drug-likeness (QED) is 0.507. The van der Waals surface area contributed by atoms with Crippen LogP contribution >= 0.6 is 0 Å². The van der Waals surface area contributed by atoms with Crippen molar-refractivity contribution in [2.45, 2.75) is 26.3 Å². The molecule has 0 saturated heterocycles. The highest BCUT2D eigenvalue weighted by atomic mass is 19.4. The largest absolute Gasteiger partial charge is 0.573 e. The number of aromatic nitrogens is 2. The number of ether oxygens (including phenoxy) is 1. The Morgan fingerprint density at radius 3 is 2.53 bits per heavy atom. The van der Waals surface area contributed by atoms with Crippen LogP contribution in [0.3, 0.4) is 0 Å². The summed E-state index contributed by atoms with van der Waals surface area (Å²) >= 11 is 0. The van der Waals surface area contributed by atoms with Crippen molar-refractivity contribution in [3.05, 3.63) is 60.2 Å². The maximum Gasteiger partial charge on any atom is 0.573 e. The number of nitrogens with one attached hydrogen (secondary N) is 2. The van der Waals surface area contributed by atoms with E-state index in [4.69, 9.17) is 0 Å². The lowest BCUT2D eigenvalue weighted by atomic mass is 10.1. The smallest absolute Gasteiger partial charge is 0.406 e. The van der Waals surface area contributed by atoms with Crippen LogP contribution in [0.4, 0.5) is 30.6 Å². The van der Waals surface area contributed by atoms with Gasteiger partial charge in [-0.3, -0.25) is 0 Å². The number of para-hydroxylation sites is 1. The summed E-state index contributed by atoms with van der Waals surface area (Å²) in [5.41, 5.74) is 2.64. The minimum atomic E-state index is -4.79. The predicted molar refractivity (Wildman–Crippen MR) is 109 cm³/mol. The van der Waals surface area contributed by atoms with Gasteiger partial charge in [0.05, 0.1) is 12.3 Å². The van der Waals surface area contributed by atoms with Crippen LogP contribution in [-0.4, -0.2) is 34.1 Å². The van der Waals surface area contributed by atoms with Crippen LogP contribution in [-0.2, 0) is 0 Å². The normalized spacial score (nSPS) is 12.3. The van der Waals surface area contributed by atoms with Crippen molar-refractivity contribution in [3.63, 3.8) is 0 Å². The molecule has 6 nitrogen and oxygen atoms in total. The Labute approximate surface area is 171 Å². The number of alkyl halides is 3. The van der Waals surface area contributed by atoms with Crippen molar-refractivity contribution in [3.8, 4) is 17.0 Å². The first kappa shape index (κ1) is 21.4. The van der Waals surface area contributed by atoms with Crippen LogP contribution in [0.5, 0.6) is 5.75 Å². The number of aliphatic hydroxyl groups excluding tert-OH is 1. The van der Waals surface area contributed by atoms with E-state index in [9.17, 15) is 18.3 Å². The van der Waals surface area contributed by atoms with E-state index >= 15 is 0 Å². The highest BCUT2D eigenvalue weighted by Gasteiger charge is 2.31. The first-order valence-electron chi connectivity index (χ1n) is 9.19. The zero-order valence-electron chi connectivity index (χ0n) is 16.4. The lowest BCUT2D eigenvalue weighted by Crippen LogP contribution is -2.21. The third-order valence-electron chi connectivity index (χ3n) is 4.15. The van der Waals surface area contributed by atoms with E-state index in [1.54, 1.807) is 19.1 Å². The molecule has 0 radical (unpaired) electrons. The van der Waals surface area contributed by atoms with Crippen LogP contribution in [0.1, 0.15) is 12.5 Å². The average Bonchev–Trinajstić information content (AvgIpc) is 2.68. The fraction of sp³-hybridized carbons (Fsp3) is 0.238. The molecule has 3 rings (SSSR count). The van der Waals surface area contributed by atoms with Gasteiger partial charge >= 0.3 is 6.36 Å². The maximum atomic E-state index is 12.6. The number of hydrogen-bond donors (Lipinski definition) is 3. The second kappa shape index (κ2) is 9.00. The number of nitrogens with zero attached hydrogens (tertiary/aromatic N) is 2. The van der Waals surface area contributed by atoms with E-state index in [1.165, 1.54) is 18.2 Å². The van der Waals surface area contributed by atoms with E-state index < -0.39 is 6.36 Å². The van der Waals surface area contributed by atoms with Gasteiger partial charge in [0.2, 0.25) is 5.95 Å². The van der Waals surface area contributed by atoms with E-state index in [2.05, 4.69) is 25.3 Å². The molecular formula is C21H21F3N4O2. The van der Waals surface area contributed by atoms with Crippen molar-refractivity contribution in [1.82, 2.24) is 9.97 Å². The monoisotopic (exact) mass is 418 g/mol. The molecule has 3 aromatic rings. The minimum absolute atomic E-state index is 0.136. The van der Waals surface area contributed by atoms with Crippen molar-refractivity contribution in [2.24, 2.45) is 0 Å². The topological polar surface area (TPSA) is 79.3 Å². The molecule has 0 amide bonds. The Balaban J connectivity index is 2.00. The molecule has 30 heavy (non-hydrogen) atoms. The van der Waals surface area contributed by atoms with Crippen LogP contribution in [0.25, 0.3) is 11.3 Å². The van der Waals surface area contributed by atoms with Gasteiger partial charge in [0.1, 0.15) is 11.6 Å². The van der Waals surface area contributed by atoms with Gasteiger partial charge in [-0.15, -0.1) is 13.2 Å². The number of aryl methyl sites for hydroxylation is 1. The SMILES string of the molecule is Cc1ccccc1Nc1cc(-c2cccc(OC(F)(F)F)c2)nc(N[C@H](C)CO)n1. The molecule has 0 aliphatic rings. The van der Waals surface area contributed by atoms with Gasteiger partial charge in [-0.2, -0.15) is 4.98 Å². The molecule has 0 saturated carbocycles. The molecule has 0 fully saturated rings. The molecule has 158 valence electrons. The number of aliphatic hydroxyl groups is 1. The molecule has 3 N–H and O–H groups in total. The Hall–Kier alpha value is -3.33. The predicted octanol–water partition coefficient (Wildman–Crippen LogP) is 4.89. The highest BCUT2D eigenvalue weighted by Crippen LogP contribution is 2.29. The zero-order valence-corrected chi connectivity index (χ0v) is 16.4. The van der Waals surface area contributed by atoms with Crippen molar-refractivity contribution >= 4 is 17.5 Å². The van der Waals surface area contributed by atoms with E-state index in [0.29, 0.717) is 17.1 Å². The summed E-state index contributed by atoms with van der Waals surface area (Å²) in [5, 5.41) is 15.5. The fourth-order valence-electron chi connectivity index (χ4n) is 2.69.